The molecule has 0 spiro atoms. The Morgan fingerprint density at radius 2 is 1.73 bits per heavy atom. The van der Waals surface area contributed by atoms with Crippen molar-refractivity contribution in [2.45, 2.75) is 44.2 Å². The van der Waals surface area contributed by atoms with E-state index in [1.54, 1.807) is 31.3 Å². The van der Waals surface area contributed by atoms with Gasteiger partial charge in [-0.05, 0) is 44.9 Å². The monoisotopic (exact) mass is 515 g/mol. The Balaban J connectivity index is 1.43. The van der Waals surface area contributed by atoms with Crippen LogP contribution in [0.5, 0.6) is 0 Å². The highest BCUT2D eigenvalue weighted by molar-refractivity contribution is 5.78. The number of nitrogens with one attached hydrogen (secondary N) is 3. The molecule has 0 unspecified atom stereocenters. The van der Waals surface area contributed by atoms with Crippen LogP contribution in [0.1, 0.15) is 37.9 Å². The van der Waals surface area contributed by atoms with Gasteiger partial charge in [-0.2, -0.15) is 15.0 Å². The van der Waals surface area contributed by atoms with Gasteiger partial charge in [0.1, 0.15) is 0 Å². The number of alkyl halides is 2. The van der Waals surface area contributed by atoms with E-state index in [0.29, 0.717) is 55.8 Å². The maximum absolute atomic E-state index is 14.0. The van der Waals surface area contributed by atoms with Crippen molar-refractivity contribution >= 4 is 28.8 Å². The highest BCUT2D eigenvalue weighted by Gasteiger charge is 2.26. The van der Waals surface area contributed by atoms with E-state index in [1.165, 1.54) is 4.57 Å². The van der Waals surface area contributed by atoms with Crippen molar-refractivity contribution in [3.8, 4) is 5.95 Å². The number of hydrogen-bond acceptors (Lipinski definition) is 9. The van der Waals surface area contributed by atoms with Crippen LogP contribution in [-0.2, 0) is 9.53 Å². The van der Waals surface area contributed by atoms with Crippen LogP contribution < -0.4 is 20.9 Å². The fourth-order valence-corrected chi connectivity index (χ4v) is 4.83. The number of carbonyl (C=O) groups excluding carboxylic acids is 1. The number of aromatic nitrogens is 5. The number of nitrogens with zero attached hydrogens (tertiary/aromatic N) is 6. The van der Waals surface area contributed by atoms with Crippen molar-refractivity contribution < 1.29 is 18.3 Å². The summed E-state index contributed by atoms with van der Waals surface area (Å²) >= 11 is 0. The number of hydrogen-bond donors (Lipinski definition) is 3. The van der Waals surface area contributed by atoms with Crippen LogP contribution >= 0.6 is 0 Å². The lowest BCUT2D eigenvalue weighted by atomic mass is 9.91. The molecule has 37 heavy (non-hydrogen) atoms. The van der Waals surface area contributed by atoms with Crippen LogP contribution in [0.15, 0.2) is 24.3 Å². The van der Waals surface area contributed by atoms with Gasteiger partial charge >= 0.3 is 0 Å². The topological polar surface area (TPSA) is 122 Å². The molecule has 0 radical (unpaired) electrons. The van der Waals surface area contributed by atoms with Crippen molar-refractivity contribution in [2.24, 2.45) is 0 Å². The maximum Gasteiger partial charge on any atom is 0.296 e. The molecule has 11 nitrogen and oxygen atoms in total. The number of rotatable bonds is 8. The van der Waals surface area contributed by atoms with Crippen molar-refractivity contribution in [1.29, 1.82) is 0 Å². The molecule has 1 saturated heterocycles. The fraction of sp³-hybridized carbons (Fsp3) is 0.542. The number of para-hydroxylation sites is 2. The van der Waals surface area contributed by atoms with Crippen molar-refractivity contribution in [3.63, 3.8) is 0 Å². The van der Waals surface area contributed by atoms with E-state index in [2.05, 4.69) is 35.9 Å². The number of carbonyl (C=O) groups is 1. The van der Waals surface area contributed by atoms with Gasteiger partial charge in [-0.25, -0.2) is 13.8 Å². The number of benzene rings is 1. The van der Waals surface area contributed by atoms with Gasteiger partial charge in [0, 0.05) is 25.2 Å². The minimum Gasteiger partial charge on any atom is -0.378 e. The van der Waals surface area contributed by atoms with E-state index in [4.69, 9.17) is 4.74 Å². The van der Waals surface area contributed by atoms with Gasteiger partial charge in [0.15, 0.2) is 5.82 Å². The summed E-state index contributed by atoms with van der Waals surface area (Å²) in [5.74, 6) is 0.396. The summed E-state index contributed by atoms with van der Waals surface area (Å²) in [6.45, 7) is 2.53. The zero-order chi connectivity index (χ0) is 25.8. The molecule has 1 amide bonds. The minimum atomic E-state index is -2.80. The average Bonchev–Trinajstić information content (AvgIpc) is 3.31. The maximum atomic E-state index is 14.0. The Kier molecular flexibility index (Phi) is 7.70. The first-order valence-corrected chi connectivity index (χ1v) is 12.6. The van der Waals surface area contributed by atoms with Crippen LogP contribution in [0, 0.1) is 0 Å². The molecule has 1 saturated carbocycles. The molecule has 3 heterocycles. The molecule has 2 fully saturated rings. The normalized spacial score (nSPS) is 20.4. The summed E-state index contributed by atoms with van der Waals surface area (Å²) < 4.78 is 34.8. The Morgan fingerprint density at radius 1 is 1.03 bits per heavy atom. The Hall–Kier alpha value is -3.45. The molecule has 3 aromatic rings. The lowest BCUT2D eigenvalue weighted by molar-refractivity contribution is -0.121. The third kappa shape index (κ3) is 5.77. The van der Waals surface area contributed by atoms with Crippen LogP contribution in [0.3, 0.4) is 0 Å². The summed E-state index contributed by atoms with van der Waals surface area (Å²) in [5, 5.41) is 9.30. The van der Waals surface area contributed by atoms with Crippen LogP contribution in [-0.4, -0.2) is 82.4 Å². The first-order chi connectivity index (χ1) is 18.0. The third-order valence-electron chi connectivity index (χ3n) is 6.65. The largest absolute Gasteiger partial charge is 0.378 e. The van der Waals surface area contributed by atoms with Crippen molar-refractivity contribution in [3.05, 3.63) is 30.1 Å². The molecule has 0 bridgehead atoms. The summed E-state index contributed by atoms with van der Waals surface area (Å²) in [6, 6.07) is 7.15. The standard InChI is InChI=1S/C24H31F2N9O2/c1-27-14-19(36)28-15-6-8-16(9-7-15)29-22-31-23(34-10-12-37-13-11-34)33-24(32-22)35-18-5-3-2-4-17(18)30-21(35)20(25)26/h2-5,15-16,20,27H,6-14H2,1H3,(H,28,36)(H,29,31,32,33). The number of ether oxygens (including phenoxy) is 1. The van der Waals surface area contributed by atoms with E-state index in [1.807, 2.05) is 4.90 Å². The SMILES string of the molecule is CNCC(=O)NC1CCC(Nc2nc(N3CCOCC3)nc(-n3c(C(F)F)nc4ccccc43)n2)CC1. The third-order valence-corrected chi connectivity index (χ3v) is 6.65. The number of morpholine rings is 1. The Morgan fingerprint density at radius 3 is 2.46 bits per heavy atom. The van der Waals surface area contributed by atoms with E-state index < -0.39 is 12.2 Å². The number of halogens is 2. The lowest BCUT2D eigenvalue weighted by Crippen LogP contribution is -2.43. The second-order valence-electron chi connectivity index (χ2n) is 9.24. The van der Waals surface area contributed by atoms with Gasteiger partial charge in [0.2, 0.25) is 23.8 Å². The molecular formula is C24H31F2N9O2. The molecular weight excluding hydrogens is 484 g/mol. The van der Waals surface area contributed by atoms with Crippen LogP contribution in [0.2, 0.25) is 0 Å². The zero-order valence-corrected chi connectivity index (χ0v) is 20.7. The van der Waals surface area contributed by atoms with E-state index in [9.17, 15) is 13.6 Å². The van der Waals surface area contributed by atoms with Crippen molar-refractivity contribution in [1.82, 2.24) is 35.1 Å². The molecule has 3 N–H and O–H groups in total. The van der Waals surface area contributed by atoms with Gasteiger partial charge in [-0.3, -0.25) is 9.36 Å². The van der Waals surface area contributed by atoms with Crippen molar-refractivity contribution in [2.75, 3.05) is 50.1 Å². The summed E-state index contributed by atoms with van der Waals surface area (Å²) in [7, 11) is 1.74. The molecule has 5 rings (SSSR count). The highest BCUT2D eigenvalue weighted by Crippen LogP contribution is 2.28. The smallest absolute Gasteiger partial charge is 0.296 e. The van der Waals surface area contributed by atoms with Gasteiger partial charge in [-0.1, -0.05) is 12.1 Å². The predicted molar refractivity (Wildman–Crippen MR) is 134 cm³/mol. The van der Waals surface area contributed by atoms with Crippen LogP contribution in [0.4, 0.5) is 20.7 Å². The van der Waals surface area contributed by atoms with Crippen LogP contribution in [0.25, 0.3) is 17.0 Å². The highest BCUT2D eigenvalue weighted by atomic mass is 19.3. The number of imidazole rings is 1. The van der Waals surface area contributed by atoms with Gasteiger partial charge < -0.3 is 25.6 Å². The molecule has 0 atom stereocenters. The fourth-order valence-electron chi connectivity index (χ4n) is 4.83. The Labute approximate surface area is 213 Å². The van der Waals surface area contributed by atoms with Gasteiger partial charge in [-0.15, -0.1) is 0 Å². The second kappa shape index (κ2) is 11.3. The number of fused-ring (bicyclic) bond motifs is 1. The zero-order valence-electron chi connectivity index (χ0n) is 20.7. The average molecular weight is 516 g/mol. The first kappa shape index (κ1) is 25.2. The number of anilines is 2. The Bertz CT molecular complexity index is 1220. The summed E-state index contributed by atoms with van der Waals surface area (Å²) in [5.41, 5.74) is 0.944. The molecule has 1 aliphatic carbocycles. The number of amides is 1. The second-order valence-corrected chi connectivity index (χ2v) is 9.24. The van der Waals surface area contributed by atoms with E-state index in [-0.39, 0.29) is 23.9 Å². The molecule has 2 aliphatic rings. The quantitative estimate of drug-likeness (QED) is 0.414. The summed E-state index contributed by atoms with van der Waals surface area (Å²) in [6.07, 6.45) is 0.469. The minimum absolute atomic E-state index is 0.0152. The molecule has 198 valence electrons. The summed E-state index contributed by atoms with van der Waals surface area (Å²) in [4.78, 5) is 31.8. The molecule has 13 heteroatoms. The number of likely N-dealkylation sites (N-methyl/N-ethyl adjacent to an activating group) is 1. The first-order valence-electron chi connectivity index (χ1n) is 12.6. The van der Waals surface area contributed by atoms with Gasteiger partial charge in [0.25, 0.3) is 6.43 Å². The molecule has 1 aromatic carbocycles. The van der Waals surface area contributed by atoms with E-state index in [0.717, 1.165) is 25.7 Å². The molecule has 1 aliphatic heterocycles. The predicted octanol–water partition coefficient (Wildman–Crippen LogP) is 2.04. The molecule has 2 aromatic heterocycles. The van der Waals surface area contributed by atoms with E-state index >= 15 is 0 Å². The lowest BCUT2D eigenvalue weighted by Gasteiger charge is -2.30. The van der Waals surface area contributed by atoms with Gasteiger partial charge in [0.05, 0.1) is 30.8 Å².